The maximum Gasteiger partial charge on any atom is 0.429 e. The normalized spacial score (nSPS) is 18.0. The van der Waals surface area contributed by atoms with Gasteiger partial charge in [-0.1, -0.05) is 56.8 Å². The topological polar surface area (TPSA) is 62.8 Å². The molecule has 0 aromatic heterocycles. The van der Waals surface area contributed by atoms with Crippen molar-refractivity contribution in [3.63, 3.8) is 0 Å². The van der Waals surface area contributed by atoms with Crippen LogP contribution >= 0.6 is 50.7 Å². The lowest BCUT2D eigenvalue weighted by atomic mass is 9.91. The fourth-order valence-electron chi connectivity index (χ4n) is 3.32. The molecule has 36 heavy (non-hydrogen) atoms. The van der Waals surface area contributed by atoms with E-state index in [2.05, 4.69) is 26.8 Å². The van der Waals surface area contributed by atoms with Gasteiger partial charge in [0.2, 0.25) is 5.60 Å². The molecule has 0 spiro atoms. The van der Waals surface area contributed by atoms with Gasteiger partial charge in [-0.25, -0.2) is 15.2 Å². The molecule has 1 heterocycles. The van der Waals surface area contributed by atoms with E-state index in [1.165, 1.54) is 24.3 Å². The number of hydroxylamine groups is 1. The summed E-state index contributed by atoms with van der Waals surface area (Å²) in [6.07, 6.45) is -4.73. The first-order chi connectivity index (χ1) is 16.7. The van der Waals surface area contributed by atoms with Gasteiger partial charge < -0.3 is 4.74 Å². The predicted molar refractivity (Wildman–Crippen MR) is 138 cm³/mol. The number of ether oxygens (including phenoxy) is 1. The summed E-state index contributed by atoms with van der Waals surface area (Å²) in [6.45, 7) is 5.44. The Bertz CT molecular complexity index is 1150. The quantitative estimate of drug-likeness (QED) is 0.254. The average Bonchev–Trinajstić information content (AvgIpc) is 3.20. The van der Waals surface area contributed by atoms with Gasteiger partial charge in [-0.2, -0.15) is 13.2 Å². The molecule has 2 N–H and O–H groups in total. The lowest BCUT2D eigenvalue weighted by Gasteiger charge is -2.28. The number of rotatable bonds is 6. The largest absolute Gasteiger partial charge is 0.442 e. The standard InChI is InChI=1S/C23H22BrCl3F3N3O3/c1-21(2,3)35-20(34)33(31-7-6-24)19-8-13(4-5-17(19)27)18-12-22(36-32-18,23(28,29)30)14-9-15(25)11-16(26)10-14/h4-5,8-12,31-32H,6-7H2,1-3H3. The summed E-state index contributed by atoms with van der Waals surface area (Å²) in [7, 11) is 0. The highest BCUT2D eigenvalue weighted by Crippen LogP contribution is 2.48. The Morgan fingerprint density at radius 2 is 1.78 bits per heavy atom. The van der Waals surface area contributed by atoms with E-state index in [9.17, 15) is 18.0 Å². The van der Waals surface area contributed by atoms with Crippen molar-refractivity contribution in [2.24, 2.45) is 0 Å². The summed E-state index contributed by atoms with van der Waals surface area (Å²) < 4.78 is 48.4. The summed E-state index contributed by atoms with van der Waals surface area (Å²) in [4.78, 5) is 18.0. The second-order valence-electron chi connectivity index (χ2n) is 8.73. The van der Waals surface area contributed by atoms with Crippen LogP contribution in [0.1, 0.15) is 31.9 Å². The molecule has 2 aromatic carbocycles. The molecule has 0 saturated carbocycles. The SMILES string of the molecule is CC(C)(C)OC(=O)N(NCCBr)c1cc(C2=CC(c3cc(Cl)cc(Cl)c3)(C(F)(F)F)ON2)ccc1Cl. The van der Waals surface area contributed by atoms with E-state index in [-0.39, 0.29) is 37.6 Å². The van der Waals surface area contributed by atoms with E-state index in [4.69, 9.17) is 44.4 Å². The maximum atomic E-state index is 14.3. The van der Waals surface area contributed by atoms with E-state index >= 15 is 0 Å². The molecule has 1 unspecified atom stereocenters. The Labute approximate surface area is 229 Å². The molecule has 3 rings (SSSR count). The number of hydrogen-bond acceptors (Lipinski definition) is 5. The van der Waals surface area contributed by atoms with Crippen molar-refractivity contribution >= 4 is 68.2 Å². The Kier molecular flexibility index (Phi) is 8.80. The number of carbonyl (C=O) groups excluding carboxylic acids is 1. The maximum absolute atomic E-state index is 14.3. The van der Waals surface area contributed by atoms with Gasteiger partial charge in [-0.05, 0) is 57.2 Å². The third-order valence-electron chi connectivity index (χ3n) is 4.82. The highest BCUT2D eigenvalue weighted by atomic mass is 79.9. The summed E-state index contributed by atoms with van der Waals surface area (Å²) in [6, 6.07) is 7.95. The number of anilines is 1. The van der Waals surface area contributed by atoms with Crippen LogP contribution in [0.3, 0.4) is 0 Å². The van der Waals surface area contributed by atoms with Crippen LogP contribution in [0.4, 0.5) is 23.7 Å². The molecule has 1 aliphatic rings. The van der Waals surface area contributed by atoms with E-state index in [0.717, 1.165) is 23.2 Å². The summed E-state index contributed by atoms with van der Waals surface area (Å²) in [5, 5.41) is 1.80. The molecule has 1 atom stereocenters. The van der Waals surface area contributed by atoms with E-state index in [1.54, 1.807) is 20.8 Å². The molecule has 0 bridgehead atoms. The molecule has 0 aliphatic carbocycles. The minimum atomic E-state index is -4.87. The molecule has 0 fully saturated rings. The molecule has 196 valence electrons. The van der Waals surface area contributed by atoms with Crippen LogP contribution in [0, 0.1) is 0 Å². The molecular formula is C23H22BrCl3F3N3O3. The minimum Gasteiger partial charge on any atom is -0.442 e. The zero-order valence-corrected chi connectivity index (χ0v) is 23.1. The number of hydrogen-bond donors (Lipinski definition) is 2. The van der Waals surface area contributed by atoms with Crippen LogP contribution in [-0.2, 0) is 15.2 Å². The van der Waals surface area contributed by atoms with Gasteiger partial charge in [0.05, 0.1) is 16.4 Å². The first-order valence-electron chi connectivity index (χ1n) is 10.5. The highest BCUT2D eigenvalue weighted by Gasteiger charge is 2.59. The van der Waals surface area contributed by atoms with Crippen molar-refractivity contribution in [2.75, 3.05) is 16.9 Å². The van der Waals surface area contributed by atoms with Crippen molar-refractivity contribution in [3.05, 3.63) is 68.7 Å². The van der Waals surface area contributed by atoms with Gasteiger partial charge in [0, 0.05) is 33.0 Å². The van der Waals surface area contributed by atoms with E-state index < -0.39 is 23.5 Å². The smallest absolute Gasteiger partial charge is 0.429 e. The zero-order chi connectivity index (χ0) is 26.9. The number of hydrazine groups is 1. The van der Waals surface area contributed by atoms with Crippen LogP contribution < -0.4 is 15.9 Å². The summed E-state index contributed by atoms with van der Waals surface area (Å²) in [5.41, 5.74) is 1.70. The molecule has 0 radical (unpaired) electrons. The number of nitrogens with zero attached hydrogens (tertiary/aromatic N) is 1. The molecule has 13 heteroatoms. The molecule has 1 amide bonds. The lowest BCUT2D eigenvalue weighted by Crippen LogP contribution is -2.46. The van der Waals surface area contributed by atoms with Gasteiger partial charge >= 0.3 is 12.3 Å². The van der Waals surface area contributed by atoms with Crippen molar-refractivity contribution in [3.8, 4) is 0 Å². The third-order valence-corrected chi connectivity index (χ3v) is 5.97. The van der Waals surface area contributed by atoms with Crippen molar-refractivity contribution in [1.82, 2.24) is 10.9 Å². The van der Waals surface area contributed by atoms with Crippen LogP contribution in [0.5, 0.6) is 0 Å². The van der Waals surface area contributed by atoms with Crippen LogP contribution in [0.15, 0.2) is 42.5 Å². The molecule has 6 nitrogen and oxygen atoms in total. The lowest BCUT2D eigenvalue weighted by molar-refractivity contribution is -0.269. The summed E-state index contributed by atoms with van der Waals surface area (Å²) >= 11 is 21.6. The van der Waals surface area contributed by atoms with E-state index in [0.29, 0.717) is 11.9 Å². The average molecular weight is 632 g/mol. The van der Waals surface area contributed by atoms with Gasteiger partial charge in [0.25, 0.3) is 0 Å². The first-order valence-corrected chi connectivity index (χ1v) is 12.7. The molecule has 2 aromatic rings. The number of alkyl halides is 4. The van der Waals surface area contributed by atoms with Gasteiger partial charge in [0.1, 0.15) is 5.60 Å². The highest BCUT2D eigenvalue weighted by molar-refractivity contribution is 9.09. The molecule has 1 aliphatic heterocycles. The summed E-state index contributed by atoms with van der Waals surface area (Å²) in [5.74, 6) is 0. The monoisotopic (exact) mass is 629 g/mol. The Hall–Kier alpha value is -1.69. The Balaban J connectivity index is 2.08. The van der Waals surface area contributed by atoms with Gasteiger partial charge in [-0.3, -0.25) is 10.3 Å². The fraction of sp³-hybridized carbons (Fsp3) is 0.348. The van der Waals surface area contributed by atoms with Gasteiger partial charge in [0.15, 0.2) is 0 Å². The van der Waals surface area contributed by atoms with E-state index in [1.807, 2.05) is 0 Å². The van der Waals surface area contributed by atoms with Crippen molar-refractivity contribution < 1.29 is 27.5 Å². The van der Waals surface area contributed by atoms with Crippen molar-refractivity contribution in [1.29, 1.82) is 0 Å². The fourth-order valence-corrected chi connectivity index (χ4v) is 4.22. The predicted octanol–water partition coefficient (Wildman–Crippen LogP) is 7.62. The zero-order valence-electron chi connectivity index (χ0n) is 19.3. The Morgan fingerprint density at radius 1 is 1.14 bits per heavy atom. The second kappa shape index (κ2) is 11.0. The minimum absolute atomic E-state index is 0.00836. The van der Waals surface area contributed by atoms with Crippen molar-refractivity contribution in [2.45, 2.75) is 38.1 Å². The van der Waals surface area contributed by atoms with Crippen LogP contribution in [0.2, 0.25) is 15.1 Å². The molecular weight excluding hydrogens is 610 g/mol. The third kappa shape index (κ3) is 6.41. The number of nitrogens with one attached hydrogen (secondary N) is 2. The first kappa shape index (κ1) is 28.9. The van der Waals surface area contributed by atoms with Crippen LogP contribution in [-0.4, -0.2) is 29.7 Å². The van der Waals surface area contributed by atoms with Crippen LogP contribution in [0.25, 0.3) is 5.70 Å². The number of halogens is 7. The number of benzene rings is 2. The second-order valence-corrected chi connectivity index (χ2v) is 10.8. The number of amides is 1. The Morgan fingerprint density at radius 3 is 2.33 bits per heavy atom. The number of carbonyl (C=O) groups is 1. The molecule has 0 saturated heterocycles. The van der Waals surface area contributed by atoms with Gasteiger partial charge in [-0.15, -0.1) is 0 Å².